The lowest BCUT2D eigenvalue weighted by molar-refractivity contribution is -0.131. The highest BCUT2D eigenvalue weighted by atomic mass is 16.2. The zero-order valence-corrected chi connectivity index (χ0v) is 15.2. The van der Waals surface area contributed by atoms with Crippen molar-refractivity contribution in [3.05, 3.63) is 17.6 Å². The molecule has 0 aromatic carbocycles. The molecule has 25 heavy (non-hydrogen) atoms. The summed E-state index contributed by atoms with van der Waals surface area (Å²) in [5.74, 6) is 1.40. The Hall–Kier alpha value is -1.73. The Balaban J connectivity index is 1.37. The summed E-state index contributed by atoms with van der Waals surface area (Å²) in [6.07, 6.45) is 5.04. The third-order valence-electron chi connectivity index (χ3n) is 5.66. The predicted octanol–water partition coefficient (Wildman–Crippen LogP) is 0.209. The molecule has 4 rings (SSSR count). The lowest BCUT2D eigenvalue weighted by Gasteiger charge is -2.37. The van der Waals surface area contributed by atoms with E-state index in [9.17, 15) is 4.79 Å². The van der Waals surface area contributed by atoms with Gasteiger partial charge < -0.3 is 14.7 Å². The number of rotatable bonds is 3. The van der Waals surface area contributed by atoms with Crippen LogP contribution in [0.3, 0.4) is 0 Å². The van der Waals surface area contributed by atoms with Crippen molar-refractivity contribution in [2.24, 2.45) is 0 Å². The van der Waals surface area contributed by atoms with Gasteiger partial charge in [-0.15, -0.1) is 0 Å². The maximum absolute atomic E-state index is 12.3. The molecule has 4 heterocycles. The first-order chi connectivity index (χ1) is 12.2. The molecule has 0 aliphatic carbocycles. The van der Waals surface area contributed by atoms with Crippen LogP contribution in [0.4, 0.5) is 5.82 Å². The van der Waals surface area contributed by atoms with Crippen molar-refractivity contribution in [1.29, 1.82) is 0 Å². The van der Waals surface area contributed by atoms with Gasteiger partial charge in [0.1, 0.15) is 12.1 Å². The van der Waals surface area contributed by atoms with Gasteiger partial charge in [-0.2, -0.15) is 0 Å². The second kappa shape index (κ2) is 7.25. The number of likely N-dealkylation sites (N-methyl/N-ethyl adjacent to an activating group) is 1. The van der Waals surface area contributed by atoms with E-state index in [1.165, 1.54) is 11.3 Å². The number of carbonyl (C=O) groups excluding carboxylic acids is 1. The molecule has 1 aromatic heterocycles. The second-order valence-corrected chi connectivity index (χ2v) is 7.46. The number of hydrogen-bond acceptors (Lipinski definition) is 6. The van der Waals surface area contributed by atoms with E-state index in [2.05, 4.69) is 31.7 Å². The van der Waals surface area contributed by atoms with E-state index in [4.69, 9.17) is 0 Å². The van der Waals surface area contributed by atoms with Gasteiger partial charge in [0.15, 0.2) is 0 Å². The third-order valence-corrected chi connectivity index (χ3v) is 5.66. The lowest BCUT2D eigenvalue weighted by Crippen LogP contribution is -2.50. The van der Waals surface area contributed by atoms with Crippen LogP contribution in [0.25, 0.3) is 0 Å². The second-order valence-electron chi connectivity index (χ2n) is 7.46. The van der Waals surface area contributed by atoms with E-state index >= 15 is 0 Å². The Bertz CT molecular complexity index is 622. The van der Waals surface area contributed by atoms with Crippen LogP contribution in [0.15, 0.2) is 6.33 Å². The van der Waals surface area contributed by atoms with Crippen LogP contribution in [-0.4, -0.2) is 90.0 Å². The number of piperazine rings is 1. The van der Waals surface area contributed by atoms with Crippen LogP contribution in [0, 0.1) is 0 Å². The number of anilines is 1. The molecule has 7 nitrogen and oxygen atoms in total. The van der Waals surface area contributed by atoms with E-state index in [1.54, 1.807) is 6.33 Å². The van der Waals surface area contributed by atoms with Gasteiger partial charge >= 0.3 is 0 Å². The zero-order valence-electron chi connectivity index (χ0n) is 15.2. The van der Waals surface area contributed by atoms with Gasteiger partial charge in [-0.25, -0.2) is 9.97 Å². The minimum atomic E-state index is 0.298. The molecule has 3 aliphatic rings. The maximum atomic E-state index is 12.3. The fraction of sp³-hybridized carbons (Fsp3) is 0.722. The maximum Gasteiger partial charge on any atom is 0.236 e. The summed E-state index contributed by atoms with van der Waals surface area (Å²) in [5, 5.41) is 0. The van der Waals surface area contributed by atoms with Crippen molar-refractivity contribution in [1.82, 2.24) is 24.7 Å². The number of likely N-dealkylation sites (tertiary alicyclic amines) is 1. The van der Waals surface area contributed by atoms with E-state index in [-0.39, 0.29) is 0 Å². The van der Waals surface area contributed by atoms with E-state index in [0.717, 1.165) is 77.4 Å². The van der Waals surface area contributed by atoms with Crippen molar-refractivity contribution in [2.45, 2.75) is 25.8 Å². The molecule has 0 unspecified atom stereocenters. The van der Waals surface area contributed by atoms with Crippen molar-refractivity contribution in [2.75, 3.05) is 64.3 Å². The van der Waals surface area contributed by atoms with E-state index in [1.807, 2.05) is 4.90 Å². The molecule has 1 amide bonds. The fourth-order valence-electron chi connectivity index (χ4n) is 4.11. The van der Waals surface area contributed by atoms with Crippen molar-refractivity contribution < 1.29 is 4.79 Å². The number of nitrogens with zero attached hydrogens (tertiary/aromatic N) is 6. The Morgan fingerprint density at radius 1 is 1.04 bits per heavy atom. The van der Waals surface area contributed by atoms with Gasteiger partial charge in [0.2, 0.25) is 5.91 Å². The molecule has 0 radical (unpaired) electrons. The smallest absolute Gasteiger partial charge is 0.236 e. The van der Waals surface area contributed by atoms with Crippen LogP contribution in [-0.2, 0) is 17.8 Å². The summed E-state index contributed by atoms with van der Waals surface area (Å²) < 4.78 is 0. The Morgan fingerprint density at radius 3 is 2.56 bits per heavy atom. The average Bonchev–Trinajstić information content (AvgIpc) is 3.17. The van der Waals surface area contributed by atoms with Crippen LogP contribution >= 0.6 is 0 Å². The van der Waals surface area contributed by atoms with Crippen LogP contribution < -0.4 is 4.90 Å². The molecule has 1 aromatic rings. The molecule has 0 saturated carbocycles. The standard InChI is InChI=1S/C18H28N6O/c1-21-7-4-16-15(12-21)18(20-14-19-16)24-10-8-22(9-11-24)13-17(25)23-5-2-3-6-23/h14H,2-13H2,1H3. The molecule has 7 heteroatoms. The molecular weight excluding hydrogens is 316 g/mol. The average molecular weight is 344 g/mol. The summed E-state index contributed by atoms with van der Waals surface area (Å²) in [6.45, 7) is 8.16. The quantitative estimate of drug-likeness (QED) is 0.781. The summed E-state index contributed by atoms with van der Waals surface area (Å²) in [5.41, 5.74) is 2.49. The van der Waals surface area contributed by atoms with Crippen molar-refractivity contribution in [3.8, 4) is 0 Å². The zero-order chi connectivity index (χ0) is 17.2. The summed E-state index contributed by atoms with van der Waals surface area (Å²) in [4.78, 5) is 30.4. The van der Waals surface area contributed by atoms with Crippen LogP contribution in [0.1, 0.15) is 24.1 Å². The number of carbonyl (C=O) groups is 1. The summed E-state index contributed by atoms with van der Waals surface area (Å²) >= 11 is 0. The topological polar surface area (TPSA) is 55.8 Å². The molecule has 2 saturated heterocycles. The highest BCUT2D eigenvalue weighted by molar-refractivity contribution is 5.78. The Labute approximate surface area is 149 Å². The molecule has 2 fully saturated rings. The Morgan fingerprint density at radius 2 is 1.80 bits per heavy atom. The van der Waals surface area contributed by atoms with E-state index in [0.29, 0.717) is 12.5 Å². The van der Waals surface area contributed by atoms with Gasteiger partial charge in [0, 0.05) is 64.3 Å². The first kappa shape index (κ1) is 16.7. The Kier molecular flexibility index (Phi) is 4.85. The fourth-order valence-corrected chi connectivity index (χ4v) is 4.11. The summed E-state index contributed by atoms with van der Waals surface area (Å²) in [7, 11) is 2.15. The number of aromatic nitrogens is 2. The normalized spacial score (nSPS) is 22.3. The van der Waals surface area contributed by atoms with Crippen molar-refractivity contribution >= 4 is 11.7 Å². The van der Waals surface area contributed by atoms with Gasteiger partial charge in [0.05, 0.1) is 12.2 Å². The van der Waals surface area contributed by atoms with Gasteiger partial charge in [-0.3, -0.25) is 9.69 Å². The first-order valence-electron chi connectivity index (χ1n) is 9.47. The SMILES string of the molecule is CN1CCc2ncnc(N3CCN(CC(=O)N4CCCC4)CC3)c2C1. The van der Waals surface area contributed by atoms with Gasteiger partial charge in [-0.05, 0) is 19.9 Å². The largest absolute Gasteiger partial charge is 0.354 e. The summed E-state index contributed by atoms with van der Waals surface area (Å²) in [6, 6.07) is 0. The number of fused-ring (bicyclic) bond motifs is 1. The first-order valence-corrected chi connectivity index (χ1v) is 9.47. The molecule has 0 spiro atoms. The molecule has 0 N–H and O–H groups in total. The van der Waals surface area contributed by atoms with Crippen LogP contribution in [0.5, 0.6) is 0 Å². The minimum Gasteiger partial charge on any atom is -0.354 e. The predicted molar refractivity (Wildman–Crippen MR) is 96.5 cm³/mol. The molecular formula is C18H28N6O. The van der Waals surface area contributed by atoms with E-state index < -0.39 is 0 Å². The third kappa shape index (κ3) is 3.62. The molecule has 136 valence electrons. The van der Waals surface area contributed by atoms with Crippen LogP contribution in [0.2, 0.25) is 0 Å². The van der Waals surface area contributed by atoms with Gasteiger partial charge in [0.25, 0.3) is 0 Å². The monoisotopic (exact) mass is 344 g/mol. The number of hydrogen-bond donors (Lipinski definition) is 0. The molecule has 0 atom stereocenters. The molecule has 3 aliphatic heterocycles. The van der Waals surface area contributed by atoms with Gasteiger partial charge in [-0.1, -0.05) is 0 Å². The number of amides is 1. The minimum absolute atomic E-state index is 0.298. The molecule has 0 bridgehead atoms. The van der Waals surface area contributed by atoms with Crippen molar-refractivity contribution in [3.63, 3.8) is 0 Å². The lowest BCUT2D eigenvalue weighted by atomic mass is 10.1. The highest BCUT2D eigenvalue weighted by Gasteiger charge is 2.27. The highest BCUT2D eigenvalue weighted by Crippen LogP contribution is 2.25.